The number of nitrogens with zero attached hydrogens (tertiary/aromatic N) is 1. The van der Waals surface area contributed by atoms with Crippen molar-refractivity contribution >= 4 is 17.7 Å². The van der Waals surface area contributed by atoms with Crippen molar-refractivity contribution in [2.24, 2.45) is 11.1 Å². The number of anilines is 1. The molecule has 2 amide bonds. The third-order valence-electron chi connectivity index (χ3n) is 6.40. The van der Waals surface area contributed by atoms with Crippen LogP contribution >= 0.6 is 0 Å². The number of nitrogens with one attached hydrogen (secondary N) is 2. The van der Waals surface area contributed by atoms with Crippen LogP contribution in [0.1, 0.15) is 37.8 Å². The smallest absolute Gasteiger partial charge is 0.407 e. The summed E-state index contributed by atoms with van der Waals surface area (Å²) in [6, 6.07) is 17.0. The first kappa shape index (κ1) is 26.7. The van der Waals surface area contributed by atoms with E-state index in [9.17, 15) is 14.7 Å². The van der Waals surface area contributed by atoms with Gasteiger partial charge in [-0.05, 0) is 35.4 Å². The number of carbonyl (C=O) groups is 2. The van der Waals surface area contributed by atoms with Gasteiger partial charge in [-0.25, -0.2) is 4.79 Å². The Bertz CT molecular complexity index is 982. The fourth-order valence-electron chi connectivity index (χ4n) is 4.62. The Morgan fingerprint density at radius 2 is 1.86 bits per heavy atom. The Balaban J connectivity index is 1.57. The fraction of sp³-hybridized carbons (Fsp3) is 0.481. The van der Waals surface area contributed by atoms with Gasteiger partial charge in [0.05, 0.1) is 19.3 Å². The van der Waals surface area contributed by atoms with Gasteiger partial charge < -0.3 is 31.1 Å². The van der Waals surface area contributed by atoms with Crippen molar-refractivity contribution in [1.29, 1.82) is 0 Å². The summed E-state index contributed by atoms with van der Waals surface area (Å²) in [5, 5.41) is 16.6. The average Bonchev–Trinajstić information content (AvgIpc) is 2.83. The number of hydrogen-bond acceptors (Lipinski definition) is 6. The number of ether oxygens (including phenoxy) is 1. The summed E-state index contributed by atoms with van der Waals surface area (Å²) in [5.41, 5.74) is 8.92. The van der Waals surface area contributed by atoms with Crippen LogP contribution in [0.2, 0.25) is 0 Å². The Morgan fingerprint density at radius 3 is 2.57 bits per heavy atom. The van der Waals surface area contributed by atoms with E-state index in [1.807, 2.05) is 68.4 Å². The van der Waals surface area contributed by atoms with Crippen molar-refractivity contribution in [1.82, 2.24) is 10.6 Å². The average molecular weight is 483 g/mol. The van der Waals surface area contributed by atoms with E-state index in [1.54, 1.807) is 4.90 Å². The highest BCUT2D eigenvalue weighted by atomic mass is 16.5. The Hall–Kier alpha value is -2.94. The second-order valence-electron chi connectivity index (χ2n) is 10.1. The molecule has 8 heteroatoms. The van der Waals surface area contributed by atoms with Crippen LogP contribution in [-0.4, -0.2) is 55.5 Å². The van der Waals surface area contributed by atoms with Crippen LogP contribution in [-0.2, 0) is 22.5 Å². The van der Waals surface area contributed by atoms with E-state index in [4.69, 9.17) is 10.5 Å². The fourth-order valence-corrected chi connectivity index (χ4v) is 4.62. The number of para-hydroxylation sites is 1. The summed E-state index contributed by atoms with van der Waals surface area (Å²) in [6.07, 6.45) is 0.155. The normalized spacial score (nSPS) is 17.3. The zero-order valence-corrected chi connectivity index (χ0v) is 20.9. The lowest BCUT2D eigenvalue weighted by Gasteiger charge is -2.37. The molecule has 0 fully saturated rings. The molecule has 2 aromatic rings. The maximum Gasteiger partial charge on any atom is 0.407 e. The van der Waals surface area contributed by atoms with Crippen LogP contribution in [0.4, 0.5) is 10.5 Å². The molecule has 0 aliphatic carbocycles. The summed E-state index contributed by atoms with van der Waals surface area (Å²) in [7, 11) is 1.33. The van der Waals surface area contributed by atoms with Gasteiger partial charge in [-0.3, -0.25) is 4.79 Å². The number of nitrogens with two attached hydrogens (primary N) is 1. The number of rotatable bonds is 10. The van der Waals surface area contributed by atoms with Gasteiger partial charge in [0.15, 0.2) is 0 Å². The summed E-state index contributed by atoms with van der Waals surface area (Å²) in [4.78, 5) is 26.9. The highest BCUT2D eigenvalue weighted by Gasteiger charge is 2.34. The Kier molecular flexibility index (Phi) is 9.26. The second kappa shape index (κ2) is 12.2. The molecular weight excluding hydrogens is 444 g/mol. The number of methoxy groups -OCH3 is 1. The van der Waals surface area contributed by atoms with Crippen molar-refractivity contribution in [2.75, 3.05) is 25.1 Å². The lowest BCUT2D eigenvalue weighted by molar-refractivity contribution is -0.120. The predicted molar refractivity (Wildman–Crippen MR) is 137 cm³/mol. The molecule has 0 bridgehead atoms. The lowest BCUT2D eigenvalue weighted by atomic mass is 9.80. The zero-order chi connectivity index (χ0) is 25.4. The topological polar surface area (TPSA) is 117 Å². The van der Waals surface area contributed by atoms with Crippen LogP contribution in [0.3, 0.4) is 0 Å². The first-order valence-corrected chi connectivity index (χ1v) is 12.1. The molecule has 8 nitrogen and oxygen atoms in total. The molecule has 0 aromatic heterocycles. The summed E-state index contributed by atoms with van der Waals surface area (Å²) in [6.45, 7) is 5.39. The van der Waals surface area contributed by atoms with Gasteiger partial charge in [0, 0.05) is 37.8 Å². The molecule has 0 saturated carbocycles. The molecule has 1 unspecified atom stereocenters. The minimum atomic E-state index is -0.725. The molecular formula is C27H38N4O4. The van der Waals surface area contributed by atoms with E-state index in [0.29, 0.717) is 32.5 Å². The molecule has 0 saturated heterocycles. The largest absolute Gasteiger partial charge is 0.453 e. The van der Waals surface area contributed by atoms with Crippen LogP contribution < -0.4 is 21.3 Å². The zero-order valence-electron chi connectivity index (χ0n) is 20.9. The van der Waals surface area contributed by atoms with Gasteiger partial charge in [-0.1, -0.05) is 62.4 Å². The van der Waals surface area contributed by atoms with Gasteiger partial charge in [-0.2, -0.15) is 0 Å². The molecule has 1 aliphatic heterocycles. The summed E-state index contributed by atoms with van der Waals surface area (Å²) in [5.74, 6) is -0.0392. The standard InChI is InChI=1S/C27H38N4O4/c1-27(2,14-22(28)24(32)17-29-16-19-9-5-4-6-10-19)15-25(33)31-18-21(30-26(34)35-3)13-20-11-7-8-12-23(20)31/h4-12,21-22,24,29,32H,13-18,28H2,1-3H3,(H,30,34)/t21?,22-,24-/m0/s1. The minimum Gasteiger partial charge on any atom is -0.453 e. The number of carbonyl (C=O) groups excluding carboxylic acids is 2. The number of amides is 2. The molecule has 35 heavy (non-hydrogen) atoms. The highest BCUT2D eigenvalue weighted by molar-refractivity contribution is 5.95. The highest BCUT2D eigenvalue weighted by Crippen LogP contribution is 2.32. The van der Waals surface area contributed by atoms with Crippen molar-refractivity contribution in [3.05, 3.63) is 65.7 Å². The number of hydrogen-bond donors (Lipinski definition) is 4. The number of fused-ring (bicyclic) bond motifs is 1. The maximum absolute atomic E-state index is 13.4. The van der Waals surface area contributed by atoms with E-state index >= 15 is 0 Å². The molecule has 3 atom stereocenters. The molecule has 3 rings (SSSR count). The molecule has 5 N–H and O–H groups in total. The summed E-state index contributed by atoms with van der Waals surface area (Å²) < 4.78 is 4.74. The van der Waals surface area contributed by atoms with Gasteiger partial charge in [0.2, 0.25) is 5.91 Å². The number of aliphatic hydroxyl groups is 1. The third-order valence-corrected chi connectivity index (χ3v) is 6.40. The van der Waals surface area contributed by atoms with Gasteiger partial charge in [0.1, 0.15) is 0 Å². The number of benzene rings is 2. The van der Waals surface area contributed by atoms with E-state index in [1.165, 1.54) is 7.11 Å². The van der Waals surface area contributed by atoms with Crippen molar-refractivity contribution in [2.45, 2.75) is 57.8 Å². The second-order valence-corrected chi connectivity index (χ2v) is 10.1. The monoisotopic (exact) mass is 482 g/mol. The van der Waals surface area contributed by atoms with Crippen molar-refractivity contribution < 1.29 is 19.4 Å². The van der Waals surface area contributed by atoms with Crippen LogP contribution in [0.5, 0.6) is 0 Å². The molecule has 0 spiro atoms. The Morgan fingerprint density at radius 1 is 1.17 bits per heavy atom. The van der Waals surface area contributed by atoms with Crippen LogP contribution in [0.25, 0.3) is 0 Å². The maximum atomic E-state index is 13.4. The first-order chi connectivity index (χ1) is 16.7. The predicted octanol–water partition coefficient (Wildman–Crippen LogP) is 2.58. The third kappa shape index (κ3) is 7.78. The van der Waals surface area contributed by atoms with Gasteiger partial charge in [0.25, 0.3) is 0 Å². The van der Waals surface area contributed by atoms with Crippen molar-refractivity contribution in [3.8, 4) is 0 Å². The van der Waals surface area contributed by atoms with E-state index in [2.05, 4.69) is 10.6 Å². The summed E-state index contributed by atoms with van der Waals surface area (Å²) >= 11 is 0. The van der Waals surface area contributed by atoms with E-state index in [0.717, 1.165) is 16.8 Å². The molecule has 190 valence electrons. The molecule has 2 aromatic carbocycles. The number of aliphatic hydroxyl groups excluding tert-OH is 1. The Labute approximate surface area is 207 Å². The van der Waals surface area contributed by atoms with Crippen LogP contribution in [0.15, 0.2) is 54.6 Å². The SMILES string of the molecule is COC(=O)NC1Cc2ccccc2N(C(=O)CC(C)(C)C[C@H](N)[C@@H](O)CNCc2ccccc2)C1. The van der Waals surface area contributed by atoms with Crippen LogP contribution in [0, 0.1) is 5.41 Å². The van der Waals surface area contributed by atoms with Gasteiger partial charge >= 0.3 is 6.09 Å². The molecule has 1 aliphatic rings. The van der Waals surface area contributed by atoms with Crippen molar-refractivity contribution in [3.63, 3.8) is 0 Å². The minimum absolute atomic E-state index is 0.0392. The first-order valence-electron chi connectivity index (χ1n) is 12.1. The molecule has 1 heterocycles. The quantitative estimate of drug-likeness (QED) is 0.414. The lowest BCUT2D eigenvalue weighted by Crippen LogP contribution is -2.51. The van der Waals surface area contributed by atoms with E-state index in [-0.39, 0.29) is 18.4 Å². The molecule has 0 radical (unpaired) electrons. The van der Waals surface area contributed by atoms with E-state index < -0.39 is 23.7 Å². The van der Waals surface area contributed by atoms with Gasteiger partial charge in [-0.15, -0.1) is 0 Å². The number of alkyl carbamates (subject to hydrolysis) is 1.